The van der Waals surface area contributed by atoms with Gasteiger partial charge in [-0.1, -0.05) is 25.3 Å². The van der Waals surface area contributed by atoms with Gasteiger partial charge in [-0.25, -0.2) is 0 Å². The largest absolute Gasteiger partial charge is 0.497 e. The van der Waals surface area contributed by atoms with E-state index in [1.54, 1.807) is 32.4 Å². The Labute approximate surface area is 191 Å². The Morgan fingerprint density at radius 3 is 2.55 bits per heavy atom. The highest BCUT2D eigenvalue weighted by atomic mass is 127. The van der Waals surface area contributed by atoms with Crippen molar-refractivity contribution >= 4 is 35.8 Å². The van der Waals surface area contributed by atoms with Crippen molar-refractivity contribution < 1.29 is 14.3 Å². The van der Waals surface area contributed by atoms with Gasteiger partial charge in [0, 0.05) is 38.9 Å². The zero-order chi connectivity index (χ0) is 20.0. The quantitative estimate of drug-likeness (QED) is 0.192. The van der Waals surface area contributed by atoms with Gasteiger partial charge in [-0.05, 0) is 37.5 Å². The summed E-state index contributed by atoms with van der Waals surface area (Å²) in [6.45, 7) is 2.68. The van der Waals surface area contributed by atoms with Gasteiger partial charge in [0.1, 0.15) is 5.75 Å². The van der Waals surface area contributed by atoms with Crippen LogP contribution in [0.25, 0.3) is 0 Å². The summed E-state index contributed by atoms with van der Waals surface area (Å²) in [6.07, 6.45) is 7.77. The van der Waals surface area contributed by atoms with Crippen molar-refractivity contribution in [1.82, 2.24) is 16.0 Å². The second kappa shape index (κ2) is 15.3. The first-order valence-corrected chi connectivity index (χ1v) is 10.2. The Hall–Kier alpha value is -1.55. The minimum atomic E-state index is -0.122. The van der Waals surface area contributed by atoms with Crippen LogP contribution >= 0.6 is 24.0 Å². The van der Waals surface area contributed by atoms with E-state index in [0.29, 0.717) is 30.5 Å². The second-order valence-electron chi connectivity index (χ2n) is 6.90. The lowest BCUT2D eigenvalue weighted by Gasteiger charge is -2.22. The Morgan fingerprint density at radius 2 is 1.83 bits per heavy atom. The molecule has 1 aliphatic carbocycles. The first kappa shape index (κ1) is 25.5. The number of ether oxygens (including phenoxy) is 2. The van der Waals surface area contributed by atoms with Crippen molar-refractivity contribution in [2.24, 2.45) is 4.99 Å². The van der Waals surface area contributed by atoms with Crippen molar-refractivity contribution in [3.05, 3.63) is 29.8 Å². The number of aliphatic imine (C=N–C) groups is 1. The summed E-state index contributed by atoms with van der Waals surface area (Å²) >= 11 is 0. The van der Waals surface area contributed by atoms with Gasteiger partial charge in [0.2, 0.25) is 0 Å². The van der Waals surface area contributed by atoms with Crippen LogP contribution in [0.1, 0.15) is 48.9 Å². The number of carbonyl (C=O) groups is 1. The van der Waals surface area contributed by atoms with E-state index in [1.165, 1.54) is 32.1 Å². The predicted molar refractivity (Wildman–Crippen MR) is 128 cm³/mol. The van der Waals surface area contributed by atoms with Crippen LogP contribution in [0, 0.1) is 0 Å². The molecular formula is C21H35IN4O3. The van der Waals surface area contributed by atoms with Crippen molar-refractivity contribution in [1.29, 1.82) is 0 Å². The van der Waals surface area contributed by atoms with Crippen LogP contribution in [0.5, 0.6) is 5.75 Å². The Bertz CT molecular complexity index is 622. The molecule has 0 heterocycles. The fourth-order valence-electron chi connectivity index (χ4n) is 3.20. The fraction of sp³-hybridized carbons (Fsp3) is 0.619. The average molecular weight is 518 g/mol. The molecule has 0 bridgehead atoms. The van der Waals surface area contributed by atoms with Gasteiger partial charge in [0.15, 0.2) is 5.96 Å². The van der Waals surface area contributed by atoms with Crippen LogP contribution in [0.4, 0.5) is 0 Å². The fourth-order valence-corrected chi connectivity index (χ4v) is 3.20. The Morgan fingerprint density at radius 1 is 1.10 bits per heavy atom. The molecule has 0 unspecified atom stereocenters. The third kappa shape index (κ3) is 10.2. The lowest BCUT2D eigenvalue weighted by Crippen LogP contribution is -2.42. The highest BCUT2D eigenvalue weighted by Gasteiger charge is 2.13. The molecule has 1 amide bonds. The van der Waals surface area contributed by atoms with E-state index in [-0.39, 0.29) is 29.9 Å². The van der Waals surface area contributed by atoms with Crippen molar-refractivity contribution in [2.45, 2.75) is 44.6 Å². The lowest BCUT2D eigenvalue weighted by atomic mass is 9.98. The van der Waals surface area contributed by atoms with Crippen LogP contribution in [-0.4, -0.2) is 58.4 Å². The molecule has 0 aromatic heterocycles. The van der Waals surface area contributed by atoms with Gasteiger partial charge in [0.25, 0.3) is 5.91 Å². The summed E-state index contributed by atoms with van der Waals surface area (Å²) in [7, 11) is 3.32. The van der Waals surface area contributed by atoms with Crippen molar-refractivity contribution in [3.8, 4) is 5.75 Å². The van der Waals surface area contributed by atoms with E-state index in [1.807, 2.05) is 6.07 Å². The molecule has 1 saturated carbocycles. The first-order valence-electron chi connectivity index (χ1n) is 10.2. The maximum Gasteiger partial charge on any atom is 0.251 e. The lowest BCUT2D eigenvalue weighted by molar-refractivity contribution is 0.0277. The molecular weight excluding hydrogens is 483 g/mol. The van der Waals surface area contributed by atoms with Crippen LogP contribution in [0.2, 0.25) is 0 Å². The number of halogens is 1. The second-order valence-corrected chi connectivity index (χ2v) is 6.90. The molecule has 7 nitrogen and oxygen atoms in total. The number of rotatable bonds is 10. The average Bonchev–Trinajstić information content (AvgIpc) is 2.75. The monoisotopic (exact) mass is 518 g/mol. The number of carbonyl (C=O) groups excluding carboxylic acids is 1. The van der Waals surface area contributed by atoms with Crippen LogP contribution in [-0.2, 0) is 4.74 Å². The number of amides is 1. The number of guanidine groups is 1. The SMILES string of the molecule is CN=C(NCCCOC1CCCCC1)NCCNC(=O)c1cccc(OC)c1.I. The molecule has 8 heteroatoms. The molecule has 1 aliphatic rings. The minimum absolute atomic E-state index is 0. The predicted octanol–water partition coefficient (Wildman–Crippen LogP) is 2.95. The third-order valence-electron chi connectivity index (χ3n) is 4.78. The number of hydrogen-bond acceptors (Lipinski definition) is 4. The van der Waals surface area contributed by atoms with Gasteiger partial charge in [-0.2, -0.15) is 0 Å². The highest BCUT2D eigenvalue weighted by Crippen LogP contribution is 2.20. The molecule has 2 rings (SSSR count). The third-order valence-corrected chi connectivity index (χ3v) is 4.78. The van der Waals surface area contributed by atoms with Crippen LogP contribution < -0.4 is 20.7 Å². The van der Waals surface area contributed by atoms with E-state index in [0.717, 1.165) is 25.5 Å². The van der Waals surface area contributed by atoms with Crippen molar-refractivity contribution in [3.63, 3.8) is 0 Å². The van der Waals surface area contributed by atoms with E-state index in [9.17, 15) is 4.79 Å². The van der Waals surface area contributed by atoms with Gasteiger partial charge < -0.3 is 25.4 Å². The number of hydrogen-bond donors (Lipinski definition) is 3. The molecule has 3 N–H and O–H groups in total. The molecule has 0 radical (unpaired) electrons. The summed E-state index contributed by atoms with van der Waals surface area (Å²) in [6, 6.07) is 7.10. The van der Waals surface area contributed by atoms with Crippen LogP contribution in [0.3, 0.4) is 0 Å². The zero-order valence-electron chi connectivity index (χ0n) is 17.5. The smallest absolute Gasteiger partial charge is 0.251 e. The molecule has 164 valence electrons. The summed E-state index contributed by atoms with van der Waals surface area (Å²) in [5, 5.41) is 9.35. The van der Waals surface area contributed by atoms with E-state index in [2.05, 4.69) is 20.9 Å². The van der Waals surface area contributed by atoms with Gasteiger partial charge in [0.05, 0.1) is 13.2 Å². The van der Waals surface area contributed by atoms with E-state index >= 15 is 0 Å². The maximum atomic E-state index is 12.1. The van der Waals surface area contributed by atoms with Gasteiger partial charge >= 0.3 is 0 Å². The van der Waals surface area contributed by atoms with E-state index in [4.69, 9.17) is 9.47 Å². The van der Waals surface area contributed by atoms with E-state index < -0.39 is 0 Å². The zero-order valence-corrected chi connectivity index (χ0v) is 19.9. The number of nitrogens with one attached hydrogen (secondary N) is 3. The molecule has 1 aromatic rings. The number of nitrogens with zero attached hydrogens (tertiary/aromatic N) is 1. The Kier molecular flexibility index (Phi) is 13.5. The van der Waals surface area contributed by atoms with Gasteiger partial charge in [-0.3, -0.25) is 9.79 Å². The maximum absolute atomic E-state index is 12.1. The number of methoxy groups -OCH3 is 1. The molecule has 0 saturated heterocycles. The molecule has 0 atom stereocenters. The number of benzene rings is 1. The highest BCUT2D eigenvalue weighted by molar-refractivity contribution is 14.0. The summed E-state index contributed by atoms with van der Waals surface area (Å²) in [5.74, 6) is 1.28. The molecule has 1 aromatic carbocycles. The standard InChI is InChI=1S/C21H34N4O3.HI/c1-22-21(24-12-7-15-28-18-9-4-3-5-10-18)25-14-13-23-20(26)17-8-6-11-19(16-17)27-2;/h6,8,11,16,18H,3-5,7,9-10,12-15H2,1-2H3,(H,23,26)(H2,22,24,25);1H. The van der Waals surface area contributed by atoms with Gasteiger partial charge in [-0.15, -0.1) is 24.0 Å². The minimum Gasteiger partial charge on any atom is -0.497 e. The molecule has 0 aliphatic heterocycles. The first-order chi connectivity index (χ1) is 13.7. The van der Waals surface area contributed by atoms with Crippen molar-refractivity contribution in [2.75, 3.05) is 40.4 Å². The summed E-state index contributed by atoms with van der Waals surface area (Å²) in [5.41, 5.74) is 0.583. The normalized spacial score (nSPS) is 14.6. The molecule has 29 heavy (non-hydrogen) atoms. The molecule has 1 fully saturated rings. The molecule has 0 spiro atoms. The summed E-state index contributed by atoms with van der Waals surface area (Å²) in [4.78, 5) is 16.3. The Balaban J connectivity index is 0.00000420. The van der Waals surface area contributed by atoms with Crippen LogP contribution in [0.15, 0.2) is 29.3 Å². The summed E-state index contributed by atoms with van der Waals surface area (Å²) < 4.78 is 11.1. The topological polar surface area (TPSA) is 84.0 Å².